The molecule has 4 rings (SSSR count). The number of carbonyl (C=O) groups is 2. The van der Waals surface area contributed by atoms with Gasteiger partial charge < -0.3 is 29.9 Å². The predicted molar refractivity (Wildman–Crippen MR) is 152 cm³/mol. The fraction of sp³-hybridized carbons (Fsp3) is 0.600. The lowest BCUT2D eigenvalue weighted by Gasteiger charge is -2.30. The molecule has 40 heavy (non-hydrogen) atoms. The maximum absolute atomic E-state index is 13.7. The van der Waals surface area contributed by atoms with Crippen molar-refractivity contribution in [2.45, 2.75) is 57.5 Å². The zero-order chi connectivity index (χ0) is 28.8. The molecule has 1 saturated heterocycles. The Morgan fingerprint density at radius 1 is 1.05 bits per heavy atom. The third-order valence-electron chi connectivity index (χ3n) is 8.26. The van der Waals surface area contributed by atoms with Crippen LogP contribution in [0.15, 0.2) is 30.3 Å². The van der Waals surface area contributed by atoms with Crippen LogP contribution >= 0.6 is 0 Å². The summed E-state index contributed by atoms with van der Waals surface area (Å²) in [5.74, 6) is -1.25. The van der Waals surface area contributed by atoms with E-state index in [4.69, 9.17) is 4.74 Å². The molecule has 1 aromatic carbocycles. The van der Waals surface area contributed by atoms with Crippen LogP contribution in [0, 0.1) is 5.92 Å². The van der Waals surface area contributed by atoms with Crippen LogP contribution in [-0.4, -0.2) is 106 Å². The Bertz CT molecular complexity index is 1150. The molecule has 2 aliphatic rings. The summed E-state index contributed by atoms with van der Waals surface area (Å²) in [6, 6.07) is 8.30. The number of fused-ring (bicyclic) bond motifs is 1. The van der Waals surface area contributed by atoms with Crippen LogP contribution in [0.4, 0.5) is 0 Å². The van der Waals surface area contributed by atoms with Crippen LogP contribution in [0.25, 0.3) is 0 Å². The Kier molecular flexibility index (Phi) is 9.97. The number of carbonyl (C=O) groups excluding carboxylic acids is 1. The topological polar surface area (TPSA) is 119 Å². The molecule has 1 amide bonds. The zero-order valence-electron chi connectivity index (χ0n) is 24.0. The van der Waals surface area contributed by atoms with Gasteiger partial charge in [-0.1, -0.05) is 25.5 Å². The summed E-state index contributed by atoms with van der Waals surface area (Å²) in [5.41, 5.74) is 2.03. The lowest BCUT2D eigenvalue weighted by Crippen LogP contribution is -2.45. The standard InChI is InChI=1S/C30H44N4O6/c1-4-5-14-32(15-6-13-31(2)3)28(37)20-33-19-23(21-7-8-25-22(18-21)12-17-40-25)29(30(38)39)24(33)11-16-34-26(35)9-10-27(34)36/h7-10,18,23-24,29,35-36H,4-6,11-17,19-20H2,1-3H3,(H,38,39)/t23-,24+,29?/m1/s1. The van der Waals surface area contributed by atoms with Gasteiger partial charge in [0.15, 0.2) is 11.8 Å². The van der Waals surface area contributed by atoms with E-state index in [1.54, 1.807) is 0 Å². The van der Waals surface area contributed by atoms with E-state index in [0.717, 1.165) is 49.1 Å². The Morgan fingerprint density at radius 2 is 1.77 bits per heavy atom. The van der Waals surface area contributed by atoms with Gasteiger partial charge in [0.05, 0.1) is 19.1 Å². The minimum absolute atomic E-state index is 0.0102. The van der Waals surface area contributed by atoms with E-state index in [2.05, 4.69) is 17.9 Å². The number of ether oxygens (including phenoxy) is 1. The van der Waals surface area contributed by atoms with Crippen molar-refractivity contribution in [2.75, 3.05) is 53.4 Å². The second-order valence-corrected chi connectivity index (χ2v) is 11.3. The van der Waals surface area contributed by atoms with E-state index in [0.29, 0.717) is 32.7 Å². The second kappa shape index (κ2) is 13.4. The van der Waals surface area contributed by atoms with Crippen LogP contribution in [0.5, 0.6) is 17.5 Å². The van der Waals surface area contributed by atoms with Gasteiger partial charge in [0.2, 0.25) is 5.91 Å². The summed E-state index contributed by atoms with van der Waals surface area (Å²) in [6.45, 7) is 5.77. The summed E-state index contributed by atoms with van der Waals surface area (Å²) < 4.78 is 7.03. The first-order chi connectivity index (χ1) is 19.2. The summed E-state index contributed by atoms with van der Waals surface area (Å²) >= 11 is 0. The number of amides is 1. The van der Waals surface area contributed by atoms with Crippen molar-refractivity contribution in [1.82, 2.24) is 19.3 Å². The van der Waals surface area contributed by atoms with Gasteiger partial charge in [-0.15, -0.1) is 0 Å². The summed E-state index contributed by atoms with van der Waals surface area (Å²) in [6.07, 6.45) is 3.93. The Labute approximate surface area is 236 Å². The van der Waals surface area contributed by atoms with Crippen LogP contribution < -0.4 is 4.74 Å². The number of hydrogen-bond acceptors (Lipinski definition) is 7. The van der Waals surface area contributed by atoms with Crippen molar-refractivity contribution < 1.29 is 29.6 Å². The molecule has 3 N–H and O–H groups in total. The molecule has 2 aliphatic heterocycles. The number of hydrogen-bond donors (Lipinski definition) is 3. The molecule has 1 fully saturated rings. The second-order valence-electron chi connectivity index (χ2n) is 11.3. The number of aromatic hydroxyl groups is 2. The molecular formula is C30H44N4O6. The Hall–Kier alpha value is -3.24. The molecule has 10 heteroatoms. The highest BCUT2D eigenvalue weighted by molar-refractivity contribution is 5.79. The van der Waals surface area contributed by atoms with E-state index >= 15 is 0 Å². The largest absolute Gasteiger partial charge is 0.494 e. The smallest absolute Gasteiger partial charge is 0.308 e. The van der Waals surface area contributed by atoms with Crippen molar-refractivity contribution in [3.05, 3.63) is 41.5 Å². The SMILES string of the molecule is CCCCN(CCCN(C)C)C(=O)CN1C[C@H](c2ccc3c(c2)CCO3)C(C(=O)O)[C@@H]1CCn1c(O)ccc1O. The molecule has 1 aromatic heterocycles. The van der Waals surface area contributed by atoms with Gasteiger partial charge in [0.25, 0.3) is 0 Å². The van der Waals surface area contributed by atoms with Crippen LogP contribution in [0.2, 0.25) is 0 Å². The lowest BCUT2D eigenvalue weighted by molar-refractivity contribution is -0.144. The summed E-state index contributed by atoms with van der Waals surface area (Å²) in [4.78, 5) is 32.5. The van der Waals surface area contributed by atoms with Gasteiger partial charge >= 0.3 is 5.97 Å². The molecule has 0 bridgehead atoms. The average Bonchev–Trinajstić information content (AvgIpc) is 3.61. The molecule has 0 radical (unpaired) electrons. The highest BCUT2D eigenvalue weighted by atomic mass is 16.5. The number of nitrogens with zero attached hydrogens (tertiary/aromatic N) is 4. The van der Waals surface area contributed by atoms with Gasteiger partial charge in [0, 0.05) is 56.7 Å². The minimum Gasteiger partial charge on any atom is -0.494 e. The third kappa shape index (κ3) is 6.90. The van der Waals surface area contributed by atoms with Crippen molar-refractivity contribution in [2.24, 2.45) is 5.92 Å². The zero-order valence-corrected chi connectivity index (χ0v) is 24.0. The number of rotatable bonds is 14. The average molecular weight is 557 g/mol. The summed E-state index contributed by atoms with van der Waals surface area (Å²) in [5, 5.41) is 30.8. The number of carboxylic acid groups (broad SMARTS) is 1. The first-order valence-corrected chi connectivity index (χ1v) is 14.4. The molecule has 3 atom stereocenters. The van der Waals surface area contributed by atoms with Gasteiger partial charge in [-0.05, 0) is 57.1 Å². The van der Waals surface area contributed by atoms with Crippen LogP contribution in [0.3, 0.4) is 0 Å². The lowest BCUT2D eigenvalue weighted by atomic mass is 9.83. The predicted octanol–water partition coefficient (Wildman–Crippen LogP) is 2.97. The van der Waals surface area contributed by atoms with Crippen molar-refractivity contribution >= 4 is 11.9 Å². The van der Waals surface area contributed by atoms with Gasteiger partial charge in [-0.3, -0.25) is 19.1 Å². The molecule has 2 aromatic rings. The number of unbranched alkanes of at least 4 members (excludes halogenated alkanes) is 1. The fourth-order valence-electron chi connectivity index (χ4n) is 6.13. The van der Waals surface area contributed by atoms with Gasteiger partial charge in [-0.25, -0.2) is 0 Å². The van der Waals surface area contributed by atoms with E-state index in [1.807, 2.05) is 36.0 Å². The molecule has 1 unspecified atom stereocenters. The van der Waals surface area contributed by atoms with Crippen LogP contribution in [-0.2, 0) is 22.6 Å². The van der Waals surface area contributed by atoms with E-state index in [1.165, 1.54) is 16.7 Å². The first kappa shape index (κ1) is 29.7. The Balaban J connectivity index is 1.59. The fourth-order valence-corrected chi connectivity index (χ4v) is 6.13. The molecule has 10 nitrogen and oxygen atoms in total. The quantitative estimate of drug-likeness (QED) is 0.325. The molecule has 220 valence electrons. The molecular weight excluding hydrogens is 512 g/mol. The highest BCUT2D eigenvalue weighted by Gasteiger charge is 2.47. The monoisotopic (exact) mass is 556 g/mol. The number of carboxylic acids is 1. The highest BCUT2D eigenvalue weighted by Crippen LogP contribution is 2.41. The van der Waals surface area contributed by atoms with E-state index in [-0.39, 0.29) is 36.7 Å². The van der Waals surface area contributed by atoms with E-state index < -0.39 is 17.9 Å². The first-order valence-electron chi connectivity index (χ1n) is 14.4. The molecule has 3 heterocycles. The maximum Gasteiger partial charge on any atom is 0.308 e. The molecule has 0 saturated carbocycles. The minimum atomic E-state index is -0.906. The third-order valence-corrected chi connectivity index (χ3v) is 8.26. The van der Waals surface area contributed by atoms with Crippen molar-refractivity contribution in [3.8, 4) is 17.5 Å². The number of benzene rings is 1. The maximum atomic E-state index is 13.7. The Morgan fingerprint density at radius 3 is 2.45 bits per heavy atom. The summed E-state index contributed by atoms with van der Waals surface area (Å²) in [7, 11) is 4.04. The van der Waals surface area contributed by atoms with Crippen molar-refractivity contribution in [3.63, 3.8) is 0 Å². The van der Waals surface area contributed by atoms with Crippen molar-refractivity contribution in [1.29, 1.82) is 0 Å². The molecule has 0 aliphatic carbocycles. The van der Waals surface area contributed by atoms with Gasteiger partial charge in [-0.2, -0.15) is 0 Å². The number of aliphatic carboxylic acids is 1. The number of aromatic nitrogens is 1. The normalized spacial score (nSPS) is 20.6. The van der Waals surface area contributed by atoms with Crippen LogP contribution in [0.1, 0.15) is 49.7 Å². The molecule has 0 spiro atoms. The van der Waals surface area contributed by atoms with E-state index in [9.17, 15) is 24.9 Å². The number of likely N-dealkylation sites (tertiary alicyclic amines) is 1. The van der Waals surface area contributed by atoms with Gasteiger partial charge in [0.1, 0.15) is 5.75 Å².